The lowest BCUT2D eigenvalue weighted by Crippen LogP contribution is -2.38. The van der Waals surface area contributed by atoms with Crippen LogP contribution in [0.25, 0.3) is 0 Å². The zero-order valence-electron chi connectivity index (χ0n) is 21.8. The highest BCUT2D eigenvalue weighted by molar-refractivity contribution is 5.74. The van der Waals surface area contributed by atoms with Crippen LogP contribution in [0.2, 0.25) is 0 Å². The van der Waals surface area contributed by atoms with E-state index in [0.29, 0.717) is 29.9 Å². The Bertz CT molecular complexity index is 1180. The molecule has 0 amide bonds. The first-order valence-corrected chi connectivity index (χ1v) is 13.8. The predicted molar refractivity (Wildman–Crippen MR) is 150 cm³/mol. The number of hydrogen-bond donors (Lipinski definition) is 3. The second-order valence-electron chi connectivity index (χ2n) is 9.99. The van der Waals surface area contributed by atoms with Crippen LogP contribution in [0.3, 0.4) is 0 Å². The van der Waals surface area contributed by atoms with Crippen LogP contribution in [0.5, 0.6) is 11.5 Å². The molecule has 9 nitrogen and oxygen atoms in total. The molecular formula is C29H37N7O2. The number of aromatic nitrogens is 3. The van der Waals surface area contributed by atoms with E-state index in [0.717, 1.165) is 42.9 Å². The van der Waals surface area contributed by atoms with Crippen molar-refractivity contribution in [1.82, 2.24) is 20.3 Å². The minimum absolute atomic E-state index is 0.135. The van der Waals surface area contributed by atoms with Gasteiger partial charge in [0.1, 0.15) is 11.5 Å². The van der Waals surface area contributed by atoms with E-state index in [4.69, 9.17) is 20.2 Å². The summed E-state index contributed by atoms with van der Waals surface area (Å²) in [4.78, 5) is 18.0. The Hall–Kier alpha value is -3.88. The van der Waals surface area contributed by atoms with E-state index < -0.39 is 0 Å². The number of benzene rings is 2. The Morgan fingerprint density at radius 3 is 2.24 bits per heavy atom. The highest BCUT2D eigenvalue weighted by Crippen LogP contribution is 2.24. The minimum Gasteiger partial charge on any atom is -0.457 e. The first kappa shape index (κ1) is 25.8. The number of nitrogens with two attached hydrogens (primary N) is 1. The Morgan fingerprint density at radius 2 is 1.50 bits per heavy atom. The zero-order valence-corrected chi connectivity index (χ0v) is 21.8. The number of hydrogen-bond acceptors (Lipinski definition) is 8. The van der Waals surface area contributed by atoms with Gasteiger partial charge in [0.15, 0.2) is 12.4 Å². The van der Waals surface area contributed by atoms with Gasteiger partial charge in [0.25, 0.3) is 6.02 Å². The van der Waals surface area contributed by atoms with Crippen molar-refractivity contribution >= 4 is 23.6 Å². The summed E-state index contributed by atoms with van der Waals surface area (Å²) in [7, 11) is 0. The molecular weight excluding hydrogens is 478 g/mol. The van der Waals surface area contributed by atoms with Crippen LogP contribution < -0.4 is 21.1 Å². The van der Waals surface area contributed by atoms with Gasteiger partial charge in [-0.15, -0.1) is 0 Å². The molecule has 5 rings (SSSR count). The monoisotopic (exact) mass is 515 g/mol. The molecule has 0 unspecified atom stereocenters. The molecule has 0 saturated heterocycles. The van der Waals surface area contributed by atoms with Gasteiger partial charge in [0, 0.05) is 11.7 Å². The normalized spacial score (nSPS) is 17.1. The molecule has 2 saturated carbocycles. The summed E-state index contributed by atoms with van der Waals surface area (Å²) in [5.41, 5.74) is 6.81. The molecule has 0 atom stereocenters. The highest BCUT2D eigenvalue weighted by atomic mass is 16.5. The van der Waals surface area contributed by atoms with E-state index in [2.05, 4.69) is 25.6 Å². The fourth-order valence-electron chi connectivity index (χ4n) is 4.97. The number of aliphatic imine (C=N–C) groups is 1. The van der Waals surface area contributed by atoms with Crippen molar-refractivity contribution in [1.29, 1.82) is 0 Å². The van der Waals surface area contributed by atoms with E-state index in [1.807, 2.05) is 54.6 Å². The molecule has 0 spiro atoms. The summed E-state index contributed by atoms with van der Waals surface area (Å²) in [6.07, 6.45) is 12.1. The van der Waals surface area contributed by atoms with E-state index in [1.165, 1.54) is 38.5 Å². The maximum Gasteiger partial charge on any atom is 0.285 e. The van der Waals surface area contributed by atoms with Gasteiger partial charge in [-0.05, 0) is 62.1 Å². The van der Waals surface area contributed by atoms with E-state index in [-0.39, 0.29) is 12.6 Å². The molecule has 2 aliphatic carbocycles. The Morgan fingerprint density at radius 1 is 0.816 bits per heavy atom. The van der Waals surface area contributed by atoms with Gasteiger partial charge < -0.3 is 25.8 Å². The van der Waals surface area contributed by atoms with E-state index in [9.17, 15) is 0 Å². The maximum absolute atomic E-state index is 6.15. The first-order chi connectivity index (χ1) is 18.7. The second kappa shape index (κ2) is 13.1. The van der Waals surface area contributed by atoms with E-state index >= 15 is 0 Å². The molecule has 2 fully saturated rings. The maximum atomic E-state index is 6.15. The molecule has 9 heteroatoms. The van der Waals surface area contributed by atoms with Crippen molar-refractivity contribution < 1.29 is 9.47 Å². The van der Waals surface area contributed by atoms with Crippen molar-refractivity contribution in [3.8, 4) is 11.5 Å². The predicted octanol–water partition coefficient (Wildman–Crippen LogP) is 6.12. The van der Waals surface area contributed by atoms with Crippen molar-refractivity contribution in [3.05, 3.63) is 60.4 Å². The summed E-state index contributed by atoms with van der Waals surface area (Å²) >= 11 is 0. The topological polar surface area (TPSA) is 120 Å². The van der Waals surface area contributed by atoms with Gasteiger partial charge in [0.05, 0.1) is 6.04 Å². The largest absolute Gasteiger partial charge is 0.457 e. The molecule has 3 aromatic rings. The fraction of sp³-hybridized carbons (Fsp3) is 0.448. The second-order valence-corrected chi connectivity index (χ2v) is 9.99. The van der Waals surface area contributed by atoms with Gasteiger partial charge in [-0.1, -0.05) is 56.7 Å². The number of amidine groups is 1. The van der Waals surface area contributed by atoms with Gasteiger partial charge in [-0.3, -0.25) is 0 Å². The molecule has 0 radical (unpaired) electrons. The third-order valence-electron chi connectivity index (χ3n) is 6.93. The first-order valence-electron chi connectivity index (χ1n) is 13.8. The lowest BCUT2D eigenvalue weighted by molar-refractivity contribution is 0.250. The third kappa shape index (κ3) is 7.81. The van der Waals surface area contributed by atoms with Gasteiger partial charge in [0.2, 0.25) is 11.9 Å². The van der Waals surface area contributed by atoms with Crippen molar-refractivity contribution in [2.75, 3.05) is 11.1 Å². The van der Waals surface area contributed by atoms with Crippen LogP contribution in [0, 0.1) is 0 Å². The molecule has 2 aliphatic rings. The summed E-state index contributed by atoms with van der Waals surface area (Å²) in [5.74, 6) is 2.47. The molecule has 200 valence electrons. The highest BCUT2D eigenvalue weighted by Gasteiger charge is 2.19. The molecule has 38 heavy (non-hydrogen) atoms. The summed E-state index contributed by atoms with van der Waals surface area (Å²) in [6, 6.07) is 18.5. The summed E-state index contributed by atoms with van der Waals surface area (Å²) < 4.78 is 12.0. The fourth-order valence-corrected chi connectivity index (χ4v) is 4.97. The van der Waals surface area contributed by atoms with Gasteiger partial charge >= 0.3 is 0 Å². The average molecular weight is 516 g/mol. The molecule has 0 bridgehead atoms. The number of para-hydroxylation sites is 1. The molecule has 1 aromatic heterocycles. The number of rotatable bonds is 8. The van der Waals surface area contributed by atoms with Crippen LogP contribution in [0.4, 0.5) is 17.6 Å². The van der Waals surface area contributed by atoms with E-state index in [1.54, 1.807) is 0 Å². The van der Waals surface area contributed by atoms with Crippen LogP contribution in [0.15, 0.2) is 59.6 Å². The number of nitrogen functional groups attached to an aromatic ring is 1. The third-order valence-corrected chi connectivity index (χ3v) is 6.93. The van der Waals surface area contributed by atoms with Gasteiger partial charge in [-0.2, -0.15) is 15.0 Å². The minimum atomic E-state index is 0.135. The van der Waals surface area contributed by atoms with Gasteiger partial charge in [-0.25, -0.2) is 4.99 Å². The molecule has 2 aromatic carbocycles. The Labute approximate surface area is 224 Å². The van der Waals surface area contributed by atoms with Crippen LogP contribution in [-0.4, -0.2) is 33.1 Å². The zero-order chi connectivity index (χ0) is 26.0. The number of nitrogens with one attached hydrogen (secondary N) is 2. The summed E-state index contributed by atoms with van der Waals surface area (Å²) in [5, 5.41) is 6.76. The SMILES string of the molecule is Nc1nc(COC(=NC2CCCCC2)NC2CCCCC2)nc(Nc2ccc(Oc3ccccc3)cc2)n1. The van der Waals surface area contributed by atoms with Crippen LogP contribution >= 0.6 is 0 Å². The van der Waals surface area contributed by atoms with Crippen molar-refractivity contribution in [2.45, 2.75) is 82.9 Å². The molecule has 0 aliphatic heterocycles. The summed E-state index contributed by atoms with van der Waals surface area (Å²) in [6.45, 7) is 0.163. The smallest absolute Gasteiger partial charge is 0.285 e. The lowest BCUT2D eigenvalue weighted by Gasteiger charge is -2.26. The standard InChI is InChI=1S/C29H37N7O2/c30-27-34-26(20-37-29(32-21-10-4-1-5-11-21)33-22-12-6-2-7-13-22)35-28(36-27)31-23-16-18-25(19-17-23)38-24-14-8-3-9-15-24/h3,8-9,14-19,21-22H,1-2,4-7,10-13,20H2,(H,32,33)(H3,30,31,34,35,36). The van der Waals surface area contributed by atoms with Crippen LogP contribution in [0.1, 0.15) is 70.0 Å². The van der Waals surface area contributed by atoms with Crippen molar-refractivity contribution in [3.63, 3.8) is 0 Å². The van der Waals surface area contributed by atoms with Crippen molar-refractivity contribution in [2.24, 2.45) is 4.99 Å². The Kier molecular flexibility index (Phi) is 8.86. The average Bonchev–Trinajstić information content (AvgIpc) is 2.94. The van der Waals surface area contributed by atoms with Crippen LogP contribution in [-0.2, 0) is 11.3 Å². The number of ether oxygens (including phenoxy) is 2. The molecule has 1 heterocycles. The number of anilines is 3. The Balaban J connectivity index is 1.22. The molecule has 4 N–H and O–H groups in total. The quantitative estimate of drug-likeness (QED) is 0.243. The number of nitrogens with zero attached hydrogens (tertiary/aromatic N) is 4. The lowest BCUT2D eigenvalue weighted by atomic mass is 9.95.